The van der Waals surface area contributed by atoms with Crippen LogP contribution in [0, 0.1) is 42.4 Å². The molecule has 5 heterocycles. The molecule has 452 valence electrons. The van der Waals surface area contributed by atoms with E-state index in [1.54, 1.807) is 19.1 Å². The Balaban J connectivity index is 0.00000529. The molecule has 0 radical (unpaired) electrons. The van der Waals surface area contributed by atoms with Crippen molar-refractivity contribution >= 4 is 74.6 Å². The molecule has 20 nitrogen and oxygen atoms in total. The maximum Gasteiger partial charge on any atom is 1.00 e. The molecule has 3 fully saturated rings. The van der Waals surface area contributed by atoms with Gasteiger partial charge in [0.2, 0.25) is 17.6 Å². The van der Waals surface area contributed by atoms with Gasteiger partial charge in [0.15, 0.2) is 12.4 Å². The number of carboxylic acid groups (broad SMARTS) is 2. The fourth-order valence-electron chi connectivity index (χ4n) is 15.7. The number of amides is 3. The summed E-state index contributed by atoms with van der Waals surface area (Å²) in [4.78, 5) is 111. The van der Waals surface area contributed by atoms with Gasteiger partial charge < -0.3 is 66.4 Å². The number of aryl methyl sites for hydroxylation is 4. The topological polar surface area (TPSA) is 335 Å². The van der Waals surface area contributed by atoms with Crippen molar-refractivity contribution in [2.24, 2.45) is 34.3 Å². The Labute approximate surface area is 546 Å². The Morgan fingerprint density at radius 1 is 0.872 bits per heavy atom. The van der Waals surface area contributed by atoms with Crippen molar-refractivity contribution in [3.8, 4) is 0 Å². The van der Waals surface area contributed by atoms with Crippen LogP contribution in [0.2, 0.25) is 0 Å². The molecule has 0 aromatic carbocycles. The fourth-order valence-corrected chi connectivity index (χ4v) is 15.7. The first-order chi connectivity index (χ1) is 39.9. The van der Waals surface area contributed by atoms with Gasteiger partial charge in [-0.15, -0.1) is 0 Å². The number of aliphatic hydroxyl groups is 2. The van der Waals surface area contributed by atoms with Crippen molar-refractivity contribution in [2.45, 2.75) is 181 Å². The summed E-state index contributed by atoms with van der Waals surface area (Å²) in [5.74, 6) is -5.76. The van der Waals surface area contributed by atoms with Crippen LogP contribution >= 0.6 is 0 Å². The van der Waals surface area contributed by atoms with E-state index < -0.39 is 83.7 Å². The number of hydrogen-bond acceptors (Lipinski definition) is 15. The molecule has 86 heavy (non-hydrogen) atoms. The van der Waals surface area contributed by atoms with Gasteiger partial charge in [-0.3, -0.25) is 24.2 Å². The van der Waals surface area contributed by atoms with E-state index in [1.165, 1.54) is 0 Å². The smallest absolute Gasteiger partial charge is 0.550 e. The second kappa shape index (κ2) is 27.8. The third-order valence-electron chi connectivity index (χ3n) is 20.3. The Bertz CT molecular complexity index is 3430. The molecule has 3 aromatic heterocycles. The van der Waals surface area contributed by atoms with Gasteiger partial charge >= 0.3 is 65.2 Å². The van der Waals surface area contributed by atoms with Crippen molar-refractivity contribution < 1.29 is 118 Å². The molecular formula is C64H82N8Na2O12. The van der Waals surface area contributed by atoms with Crippen LogP contribution in [0.25, 0.3) is 33.2 Å². The molecule has 4 aliphatic carbocycles. The van der Waals surface area contributed by atoms with Crippen molar-refractivity contribution in [2.75, 3.05) is 26.2 Å². The van der Waals surface area contributed by atoms with Gasteiger partial charge in [0.1, 0.15) is 11.6 Å². The molecule has 0 saturated heterocycles. The van der Waals surface area contributed by atoms with E-state index in [9.17, 15) is 54.0 Å². The zero-order chi connectivity index (χ0) is 60.7. The normalized spacial score (nSPS) is 25.9. The van der Waals surface area contributed by atoms with E-state index in [-0.39, 0.29) is 150 Å². The number of allylic oxidation sites excluding steroid dienone is 2. The largest absolute Gasteiger partial charge is 1.00 e. The molecule has 9 N–H and O–H groups in total. The van der Waals surface area contributed by atoms with Gasteiger partial charge in [-0.25, -0.2) is 9.78 Å². The summed E-state index contributed by atoms with van der Waals surface area (Å²) >= 11 is 0. The summed E-state index contributed by atoms with van der Waals surface area (Å²) in [6, 6.07) is 4.65. The van der Waals surface area contributed by atoms with Crippen molar-refractivity contribution in [3.63, 3.8) is 0 Å². The summed E-state index contributed by atoms with van der Waals surface area (Å²) in [6.07, 6.45) is 5.05. The van der Waals surface area contributed by atoms with Crippen LogP contribution in [0.4, 0.5) is 4.79 Å². The number of hydrogen-bond donors (Lipinski definition) is 8. The number of nitrogens with one attached hydrogen (secondary N) is 5. The monoisotopic (exact) mass is 1200 g/mol. The number of nitrogens with two attached hydrogens (primary N) is 1. The zero-order valence-electron chi connectivity index (χ0n) is 51.7. The van der Waals surface area contributed by atoms with E-state index in [2.05, 4.69) is 45.8 Å². The average Bonchev–Trinajstić information content (AvgIpc) is 1.67. The minimum Gasteiger partial charge on any atom is -0.550 e. The second-order valence-corrected chi connectivity index (χ2v) is 24.9. The quantitative estimate of drug-likeness (QED) is 0.0495. The number of rotatable bonds is 20. The standard InChI is InChI=1S/C64H84N8O12.2Na/c1-9-38-32(3)45-27-47-34(5)40(16-17-54(77)78)57(70-47)42(58-55(60(80)81)35(6)48(71-58)29-50-39(10-2)33(4)46(69-50)28-49(38)68-45)26-53(76)66-23-24-67-59(79)44(13-11-12-22-65)72-61(82)84-31-52(75)64(83)21-19-43-41-15-14-36-25-37(73)18-20-62(36,7)56(41)51(74)30-63(43,64)8;;/h25,27-29,34,40-41,43-44,51,56,68-69,74,83H,9-24,26,30-31,65H2,1-8H3,(H,66,76)(H,67,79)(H,72,82)(H,77,78)(H,80,81);;/q;2*+1/p-2/t34-,40-,41-,43-,44-,51-,56+,62-,63-,64-;;/m0../s1. The number of carboxylic acids is 2. The molecule has 3 saturated carbocycles. The van der Waals surface area contributed by atoms with E-state index >= 15 is 0 Å². The molecule has 10 atom stereocenters. The molecular weight excluding hydrogens is 1120 g/mol. The Hall–Kier alpha value is -5.03. The fraction of sp³-hybridized carbons (Fsp3) is 0.578. The van der Waals surface area contributed by atoms with Gasteiger partial charge in [0.05, 0.1) is 35.6 Å². The number of aliphatic hydroxyl groups excluding tert-OH is 1. The number of carbonyl (C=O) groups is 7. The van der Waals surface area contributed by atoms with Gasteiger partial charge in [-0.2, -0.15) is 0 Å². The molecule has 9 rings (SSSR count). The SMILES string of the molecule is CCc1c(C)c2cc3[nH]c(cc4nc(c(CC(=O)NCCNC(=O)[C@H](CCCCN)NC(=O)OCC(=O)[C@@]5(O)CC[C@H]6[C@@H]7CCC8=CC(=O)CC[C@]8(C)[C@H]7[C@@H](O)C[C@@]65C)c5nc(cc1[nH]2)C(C)=C5C(=O)[O-])[C@@H](CCC(=O)[O-])[C@@H]4C)c(C)c3CC.[Na+].[Na+]. The Kier molecular flexibility index (Phi) is 22.1. The number of aromatic amines is 2. The zero-order valence-corrected chi connectivity index (χ0v) is 55.7. The van der Waals surface area contributed by atoms with Crippen molar-refractivity contribution in [1.29, 1.82) is 0 Å². The number of Topliss-reactive ketones (excluding diaryl/α,β-unsaturated/α-hetero) is 1. The molecule has 3 amide bonds. The summed E-state index contributed by atoms with van der Waals surface area (Å²) < 4.78 is 5.44. The molecule has 3 aromatic rings. The van der Waals surface area contributed by atoms with Crippen LogP contribution in [-0.4, -0.2) is 116 Å². The van der Waals surface area contributed by atoms with Crippen LogP contribution in [0.1, 0.15) is 181 Å². The first-order valence-corrected chi connectivity index (χ1v) is 30.1. The third-order valence-corrected chi connectivity index (χ3v) is 20.3. The van der Waals surface area contributed by atoms with E-state index in [4.69, 9.17) is 20.4 Å². The summed E-state index contributed by atoms with van der Waals surface area (Å²) in [7, 11) is 0. The molecule has 0 spiro atoms. The van der Waals surface area contributed by atoms with E-state index in [0.29, 0.717) is 74.1 Å². The molecule has 22 heteroatoms. The van der Waals surface area contributed by atoms with Crippen LogP contribution in [-0.2, 0) is 52.8 Å². The van der Waals surface area contributed by atoms with Crippen molar-refractivity contribution in [3.05, 3.63) is 80.4 Å². The number of H-pyrrole nitrogens is 2. The average molecular weight is 1200 g/mol. The molecule has 6 aliphatic rings. The summed E-state index contributed by atoms with van der Waals surface area (Å²) in [5, 5.41) is 57.5. The summed E-state index contributed by atoms with van der Waals surface area (Å²) in [5.41, 5.74) is 12.5. The second-order valence-electron chi connectivity index (χ2n) is 24.9. The first kappa shape index (κ1) is 68.5. The van der Waals surface area contributed by atoms with Crippen LogP contribution in [0.3, 0.4) is 0 Å². The van der Waals surface area contributed by atoms with Crippen LogP contribution in [0.15, 0.2) is 29.8 Å². The summed E-state index contributed by atoms with van der Waals surface area (Å²) in [6.45, 7) is 15.0. The Morgan fingerprint density at radius 3 is 2.19 bits per heavy atom. The number of aliphatic carboxylic acids is 2. The number of unbranched alkanes of at least 4 members (excludes halogenated alkanes) is 1. The number of ether oxygens (including phenoxy) is 1. The Morgan fingerprint density at radius 2 is 1.53 bits per heavy atom. The van der Waals surface area contributed by atoms with Crippen molar-refractivity contribution in [1.82, 2.24) is 35.9 Å². The molecule has 2 aliphatic heterocycles. The minimum atomic E-state index is -1.88. The van der Waals surface area contributed by atoms with E-state index in [1.807, 2.05) is 40.7 Å². The van der Waals surface area contributed by atoms with Gasteiger partial charge in [-0.05, 0) is 186 Å². The predicted octanol–water partition coefficient (Wildman–Crippen LogP) is -1.04. The van der Waals surface area contributed by atoms with Crippen LogP contribution in [0.5, 0.6) is 0 Å². The number of nitrogens with zero attached hydrogens (tertiary/aromatic N) is 2. The van der Waals surface area contributed by atoms with Gasteiger partial charge in [-0.1, -0.05) is 40.2 Å². The minimum absolute atomic E-state index is 0. The van der Waals surface area contributed by atoms with Gasteiger partial charge in [0, 0.05) is 81.6 Å². The number of alkyl carbamates (subject to hydrolysis) is 1. The molecule has 0 unspecified atom stereocenters. The number of ketones is 2. The number of aromatic nitrogens is 4. The maximum absolute atomic E-state index is 14.3. The molecule has 8 bridgehead atoms. The van der Waals surface area contributed by atoms with E-state index in [0.717, 1.165) is 62.7 Å². The first-order valence-electron chi connectivity index (χ1n) is 30.1. The third kappa shape index (κ3) is 13.0. The predicted molar refractivity (Wildman–Crippen MR) is 311 cm³/mol. The number of fused-ring (bicyclic) bond motifs is 13. The van der Waals surface area contributed by atoms with Crippen LogP contribution < -0.4 is 91.0 Å². The van der Waals surface area contributed by atoms with Gasteiger partial charge in [0.25, 0.3) is 0 Å². The maximum atomic E-state index is 14.3. The number of carbonyl (C=O) groups excluding carboxylic acids is 7.